The molecule has 0 saturated heterocycles. The standard InChI is InChI=1S/C23H22N2OS/c1-25(2)15-19-8-3-5-9-21(19)26-16-17-11-20(14-24-13-17)23-12-18-7-4-6-10-22(18)27-23/h3-14H,15-16H2,1-2H3. The van der Waals surface area contributed by atoms with Crippen LogP contribution >= 0.6 is 11.3 Å². The first-order valence-corrected chi connectivity index (χ1v) is 9.79. The van der Waals surface area contributed by atoms with Gasteiger partial charge in [0.15, 0.2) is 0 Å². The minimum Gasteiger partial charge on any atom is -0.489 e. The third kappa shape index (κ3) is 4.18. The zero-order chi connectivity index (χ0) is 18.6. The summed E-state index contributed by atoms with van der Waals surface area (Å²) in [7, 11) is 4.13. The van der Waals surface area contributed by atoms with Gasteiger partial charge in [0.05, 0.1) is 0 Å². The second kappa shape index (κ2) is 7.91. The Kier molecular flexibility index (Phi) is 5.19. The van der Waals surface area contributed by atoms with Gasteiger partial charge in [0.2, 0.25) is 0 Å². The number of para-hydroxylation sites is 1. The largest absolute Gasteiger partial charge is 0.489 e. The number of nitrogens with zero attached hydrogens (tertiary/aromatic N) is 2. The van der Waals surface area contributed by atoms with Crippen LogP contribution < -0.4 is 4.74 Å². The Balaban J connectivity index is 1.53. The summed E-state index contributed by atoms with van der Waals surface area (Å²) >= 11 is 1.80. The molecule has 2 aromatic heterocycles. The fourth-order valence-electron chi connectivity index (χ4n) is 3.10. The molecule has 0 fully saturated rings. The van der Waals surface area contributed by atoms with Crippen molar-refractivity contribution in [2.24, 2.45) is 0 Å². The van der Waals surface area contributed by atoms with Crippen LogP contribution in [-0.4, -0.2) is 24.0 Å². The summed E-state index contributed by atoms with van der Waals surface area (Å²) in [5.41, 5.74) is 3.40. The van der Waals surface area contributed by atoms with Gasteiger partial charge in [-0.3, -0.25) is 4.98 Å². The Bertz CT molecular complexity index is 1020. The summed E-state index contributed by atoms with van der Waals surface area (Å²) in [6, 6.07) is 21.1. The van der Waals surface area contributed by atoms with E-state index in [2.05, 4.69) is 72.5 Å². The van der Waals surface area contributed by atoms with Crippen molar-refractivity contribution in [2.45, 2.75) is 13.2 Å². The van der Waals surface area contributed by atoms with Gasteiger partial charge in [0.25, 0.3) is 0 Å². The van der Waals surface area contributed by atoms with Crippen molar-refractivity contribution in [3.63, 3.8) is 0 Å². The van der Waals surface area contributed by atoms with Crippen molar-refractivity contribution < 1.29 is 4.74 Å². The highest BCUT2D eigenvalue weighted by molar-refractivity contribution is 7.22. The Morgan fingerprint density at radius 1 is 0.963 bits per heavy atom. The molecule has 3 nitrogen and oxygen atoms in total. The maximum Gasteiger partial charge on any atom is 0.124 e. The SMILES string of the molecule is CN(C)Cc1ccccc1OCc1cncc(-c2cc3ccccc3s2)c1. The molecule has 0 N–H and O–H groups in total. The van der Waals surface area contributed by atoms with Crippen LogP contribution in [0.5, 0.6) is 5.75 Å². The Morgan fingerprint density at radius 2 is 1.78 bits per heavy atom. The molecule has 0 amide bonds. The zero-order valence-corrected chi connectivity index (χ0v) is 16.4. The van der Waals surface area contributed by atoms with E-state index in [9.17, 15) is 0 Å². The van der Waals surface area contributed by atoms with Crippen molar-refractivity contribution in [1.82, 2.24) is 9.88 Å². The molecule has 136 valence electrons. The highest BCUT2D eigenvalue weighted by Crippen LogP contribution is 2.33. The lowest BCUT2D eigenvalue weighted by Crippen LogP contribution is -2.11. The van der Waals surface area contributed by atoms with Crippen LogP contribution in [0.3, 0.4) is 0 Å². The van der Waals surface area contributed by atoms with Gasteiger partial charge in [-0.1, -0.05) is 36.4 Å². The van der Waals surface area contributed by atoms with Crippen molar-refractivity contribution >= 4 is 21.4 Å². The maximum absolute atomic E-state index is 6.11. The van der Waals surface area contributed by atoms with E-state index < -0.39 is 0 Å². The van der Waals surface area contributed by atoms with Gasteiger partial charge in [-0.05, 0) is 43.7 Å². The van der Waals surface area contributed by atoms with Gasteiger partial charge in [-0.2, -0.15) is 0 Å². The quantitative estimate of drug-likeness (QED) is 0.439. The molecule has 0 spiro atoms. The molecule has 4 aromatic rings. The lowest BCUT2D eigenvalue weighted by Gasteiger charge is -2.15. The molecule has 4 heteroatoms. The molecule has 0 radical (unpaired) electrons. The van der Waals surface area contributed by atoms with E-state index >= 15 is 0 Å². The maximum atomic E-state index is 6.11. The fraction of sp³-hybridized carbons (Fsp3) is 0.174. The van der Waals surface area contributed by atoms with E-state index in [-0.39, 0.29) is 0 Å². The second-order valence-electron chi connectivity index (χ2n) is 6.86. The van der Waals surface area contributed by atoms with Crippen LogP contribution in [0.1, 0.15) is 11.1 Å². The minimum atomic E-state index is 0.510. The molecule has 27 heavy (non-hydrogen) atoms. The molecule has 0 aliphatic heterocycles. The fourth-order valence-corrected chi connectivity index (χ4v) is 4.15. The molecule has 0 aliphatic rings. The molecule has 0 saturated carbocycles. The van der Waals surface area contributed by atoms with E-state index in [4.69, 9.17) is 4.74 Å². The van der Waals surface area contributed by atoms with Crippen LogP contribution in [0.15, 0.2) is 73.1 Å². The zero-order valence-electron chi connectivity index (χ0n) is 15.6. The van der Waals surface area contributed by atoms with E-state index in [1.807, 2.05) is 24.5 Å². The molecule has 2 aromatic carbocycles. The third-order valence-corrected chi connectivity index (χ3v) is 5.52. The molecular formula is C23H22N2OS. The van der Waals surface area contributed by atoms with Crippen LogP contribution in [0.2, 0.25) is 0 Å². The van der Waals surface area contributed by atoms with Crippen molar-refractivity contribution in [3.05, 3.63) is 84.2 Å². The predicted molar refractivity (Wildman–Crippen MR) is 113 cm³/mol. The van der Waals surface area contributed by atoms with Crippen molar-refractivity contribution in [3.8, 4) is 16.2 Å². The summed E-state index contributed by atoms with van der Waals surface area (Å²) in [4.78, 5) is 7.81. The normalized spacial score (nSPS) is 11.2. The van der Waals surface area contributed by atoms with Gasteiger partial charge < -0.3 is 9.64 Å². The topological polar surface area (TPSA) is 25.4 Å². The number of thiophene rings is 1. The Morgan fingerprint density at radius 3 is 2.63 bits per heavy atom. The summed E-state index contributed by atoms with van der Waals surface area (Å²) in [5.74, 6) is 0.929. The van der Waals surface area contributed by atoms with Gasteiger partial charge in [-0.15, -0.1) is 11.3 Å². The lowest BCUT2D eigenvalue weighted by molar-refractivity contribution is 0.295. The summed E-state index contributed by atoms with van der Waals surface area (Å²) in [6.45, 7) is 1.37. The van der Waals surface area contributed by atoms with E-state index in [1.165, 1.54) is 20.5 Å². The minimum absolute atomic E-state index is 0.510. The van der Waals surface area contributed by atoms with Gasteiger partial charge in [-0.25, -0.2) is 0 Å². The monoisotopic (exact) mass is 374 g/mol. The Hall–Kier alpha value is -2.69. The van der Waals surface area contributed by atoms with Crippen LogP contribution in [0.4, 0.5) is 0 Å². The number of pyridine rings is 1. The van der Waals surface area contributed by atoms with Crippen molar-refractivity contribution in [2.75, 3.05) is 14.1 Å². The molecule has 0 unspecified atom stereocenters. The number of aromatic nitrogens is 1. The summed E-state index contributed by atoms with van der Waals surface area (Å²) in [6.07, 6.45) is 3.81. The molecular weight excluding hydrogens is 352 g/mol. The Labute approximate surface area is 163 Å². The number of benzene rings is 2. The highest BCUT2D eigenvalue weighted by atomic mass is 32.1. The molecule has 0 aliphatic carbocycles. The third-order valence-electron chi connectivity index (χ3n) is 4.36. The molecule has 4 rings (SSSR count). The number of ether oxygens (including phenoxy) is 1. The smallest absolute Gasteiger partial charge is 0.124 e. The number of rotatable bonds is 6. The second-order valence-corrected chi connectivity index (χ2v) is 7.95. The number of hydrogen-bond acceptors (Lipinski definition) is 4. The first-order chi connectivity index (χ1) is 13.2. The average molecular weight is 375 g/mol. The van der Waals surface area contributed by atoms with Crippen LogP contribution in [0, 0.1) is 0 Å². The predicted octanol–water partition coefficient (Wildman–Crippen LogP) is 5.60. The number of hydrogen-bond donors (Lipinski definition) is 0. The van der Waals surface area contributed by atoms with Gasteiger partial charge >= 0.3 is 0 Å². The van der Waals surface area contributed by atoms with Crippen molar-refractivity contribution in [1.29, 1.82) is 0 Å². The van der Waals surface area contributed by atoms with Gasteiger partial charge in [0, 0.05) is 45.2 Å². The van der Waals surface area contributed by atoms with Gasteiger partial charge in [0.1, 0.15) is 12.4 Å². The first-order valence-electron chi connectivity index (χ1n) is 8.97. The molecule has 0 atom stereocenters. The first kappa shape index (κ1) is 17.7. The van der Waals surface area contributed by atoms with Crippen LogP contribution in [0.25, 0.3) is 20.5 Å². The molecule has 0 bridgehead atoms. The average Bonchev–Trinajstić information content (AvgIpc) is 3.11. The summed E-state index contributed by atoms with van der Waals surface area (Å²) in [5, 5.41) is 1.27. The van der Waals surface area contributed by atoms with E-state index in [1.54, 1.807) is 11.3 Å². The van der Waals surface area contributed by atoms with E-state index in [0.717, 1.165) is 23.4 Å². The van der Waals surface area contributed by atoms with E-state index in [0.29, 0.717) is 6.61 Å². The molecule has 2 heterocycles. The van der Waals surface area contributed by atoms with Crippen LogP contribution in [-0.2, 0) is 13.2 Å². The number of fused-ring (bicyclic) bond motifs is 1. The summed E-state index contributed by atoms with van der Waals surface area (Å²) < 4.78 is 7.41. The highest BCUT2D eigenvalue weighted by Gasteiger charge is 2.08. The lowest BCUT2D eigenvalue weighted by atomic mass is 10.1.